The average Bonchev–Trinajstić information content (AvgIpc) is 2.23. The Morgan fingerprint density at radius 1 is 0.625 bits per heavy atom. The highest BCUT2D eigenvalue weighted by atomic mass is 14.5. The molecule has 0 aromatic heterocycles. The smallest absolute Gasteiger partial charge is 0.0137 e. The molecule has 0 aliphatic heterocycles. The molecule has 4 atom stereocenters. The molecule has 0 aromatic carbocycles. The molecule has 3 aliphatic carbocycles. The van der Waals surface area contributed by atoms with Crippen LogP contribution in [0.15, 0.2) is 24.3 Å². The molecule has 0 saturated heterocycles. The Labute approximate surface area is 99.8 Å². The first-order valence-electron chi connectivity index (χ1n) is 7.30. The van der Waals surface area contributed by atoms with Gasteiger partial charge in [-0.15, -0.1) is 0 Å². The molecule has 0 nitrogen and oxygen atoms in total. The van der Waals surface area contributed by atoms with Crippen molar-refractivity contribution < 1.29 is 0 Å². The van der Waals surface area contributed by atoms with Crippen LogP contribution in [0.5, 0.6) is 0 Å². The molecule has 88 valence electrons. The molecule has 0 spiro atoms. The van der Waals surface area contributed by atoms with Gasteiger partial charge in [0.15, 0.2) is 0 Å². The fourth-order valence-corrected chi connectivity index (χ4v) is 4.14. The molecule has 0 heteroatoms. The molecule has 0 heterocycles. The van der Waals surface area contributed by atoms with Crippen LogP contribution in [0.4, 0.5) is 0 Å². The molecule has 0 N–H and O–H groups in total. The van der Waals surface area contributed by atoms with Gasteiger partial charge in [-0.1, -0.05) is 37.1 Å². The van der Waals surface area contributed by atoms with E-state index in [4.69, 9.17) is 0 Å². The van der Waals surface area contributed by atoms with Crippen LogP contribution in [-0.2, 0) is 0 Å². The predicted molar refractivity (Wildman–Crippen MR) is 69.2 cm³/mol. The number of rotatable bonds is 0. The summed E-state index contributed by atoms with van der Waals surface area (Å²) in [6.07, 6.45) is 21.5. The van der Waals surface area contributed by atoms with Crippen LogP contribution in [0.3, 0.4) is 0 Å². The van der Waals surface area contributed by atoms with Crippen molar-refractivity contribution in [1.82, 2.24) is 0 Å². The second-order valence-corrected chi connectivity index (χ2v) is 5.91. The van der Waals surface area contributed by atoms with Crippen molar-refractivity contribution in [3.63, 3.8) is 0 Å². The van der Waals surface area contributed by atoms with Gasteiger partial charge in [0.1, 0.15) is 0 Å². The van der Waals surface area contributed by atoms with Crippen LogP contribution >= 0.6 is 0 Å². The highest BCUT2D eigenvalue weighted by molar-refractivity contribution is 5.13. The van der Waals surface area contributed by atoms with Crippen molar-refractivity contribution in [1.29, 1.82) is 0 Å². The van der Waals surface area contributed by atoms with Crippen molar-refractivity contribution in [3.8, 4) is 0 Å². The van der Waals surface area contributed by atoms with E-state index in [0.29, 0.717) is 0 Å². The molecule has 1 fully saturated rings. The van der Waals surface area contributed by atoms with Crippen LogP contribution in [0.25, 0.3) is 0 Å². The first-order valence-corrected chi connectivity index (χ1v) is 7.30. The maximum Gasteiger partial charge on any atom is -0.0137 e. The summed E-state index contributed by atoms with van der Waals surface area (Å²) in [7, 11) is 0. The lowest BCUT2D eigenvalue weighted by molar-refractivity contribution is 0.0227. The lowest BCUT2D eigenvalue weighted by atomic mass is 9.53. The van der Waals surface area contributed by atoms with E-state index in [2.05, 4.69) is 24.3 Å². The molecule has 0 aromatic rings. The summed E-state index contributed by atoms with van der Waals surface area (Å²) in [6.45, 7) is 0. The molecule has 0 bridgehead atoms. The van der Waals surface area contributed by atoms with E-state index >= 15 is 0 Å². The lowest BCUT2D eigenvalue weighted by Crippen LogP contribution is -2.45. The average molecular weight is 216 g/mol. The van der Waals surface area contributed by atoms with Gasteiger partial charge in [0.25, 0.3) is 0 Å². The quantitative estimate of drug-likeness (QED) is 0.514. The fraction of sp³-hybridized carbons (Fsp3) is 0.750. The second-order valence-electron chi connectivity index (χ2n) is 5.91. The molecule has 3 aliphatic rings. The zero-order valence-electron chi connectivity index (χ0n) is 10.3. The number of hydrogen-bond donors (Lipinski definition) is 0. The predicted octanol–water partition coefficient (Wildman–Crippen LogP) is 4.73. The Kier molecular flexibility index (Phi) is 3.17. The summed E-state index contributed by atoms with van der Waals surface area (Å²) in [4.78, 5) is 0. The summed E-state index contributed by atoms with van der Waals surface area (Å²) in [5.41, 5.74) is 0. The van der Waals surface area contributed by atoms with Crippen LogP contribution in [0.1, 0.15) is 51.4 Å². The van der Waals surface area contributed by atoms with E-state index in [-0.39, 0.29) is 0 Å². The van der Waals surface area contributed by atoms with Crippen molar-refractivity contribution in [3.05, 3.63) is 24.3 Å². The molecule has 3 rings (SSSR count). The minimum Gasteiger partial charge on any atom is -0.0882 e. The zero-order valence-corrected chi connectivity index (χ0v) is 10.3. The highest BCUT2D eigenvalue weighted by Gasteiger charge is 2.46. The third-order valence-corrected chi connectivity index (χ3v) is 5.02. The van der Waals surface area contributed by atoms with Crippen molar-refractivity contribution in [2.45, 2.75) is 51.4 Å². The summed E-state index contributed by atoms with van der Waals surface area (Å²) in [5.74, 6) is 3.87. The van der Waals surface area contributed by atoms with Crippen molar-refractivity contribution >= 4 is 0 Å². The van der Waals surface area contributed by atoms with Gasteiger partial charge >= 0.3 is 0 Å². The Bertz CT molecular complexity index is 256. The summed E-state index contributed by atoms with van der Waals surface area (Å²) >= 11 is 0. The Balaban J connectivity index is 1.77. The van der Waals surface area contributed by atoms with Gasteiger partial charge in [0.05, 0.1) is 0 Å². The van der Waals surface area contributed by atoms with E-state index in [1.807, 2.05) is 0 Å². The maximum absolute atomic E-state index is 2.55. The van der Waals surface area contributed by atoms with Gasteiger partial charge in [-0.05, 0) is 62.2 Å². The van der Waals surface area contributed by atoms with Gasteiger partial charge in [-0.25, -0.2) is 0 Å². The minimum absolute atomic E-state index is 0.902. The Morgan fingerprint density at radius 3 is 1.62 bits per heavy atom. The summed E-state index contributed by atoms with van der Waals surface area (Å²) in [6, 6.07) is 0. The van der Waals surface area contributed by atoms with E-state index in [1.165, 1.54) is 51.4 Å². The van der Waals surface area contributed by atoms with E-state index in [9.17, 15) is 0 Å². The topological polar surface area (TPSA) is 0 Å². The molecule has 4 unspecified atom stereocenters. The molecule has 0 radical (unpaired) electrons. The standard InChI is InChI=1S/C16H24/c1-2-6-10-14-13(9-5-1)15-11-7-3-4-8-12-16(14)15/h5,7,9,11,13-16H,1-4,6,8,10,12H2. The molecule has 16 heavy (non-hydrogen) atoms. The fourth-order valence-electron chi connectivity index (χ4n) is 4.14. The molecular formula is C16H24. The maximum atomic E-state index is 2.55. The number of hydrogen-bond acceptors (Lipinski definition) is 0. The normalized spacial score (nSPS) is 43.0. The molecular weight excluding hydrogens is 192 g/mol. The van der Waals surface area contributed by atoms with Gasteiger partial charge in [0, 0.05) is 0 Å². The van der Waals surface area contributed by atoms with E-state index in [0.717, 1.165) is 23.7 Å². The van der Waals surface area contributed by atoms with Gasteiger partial charge < -0.3 is 0 Å². The second kappa shape index (κ2) is 4.77. The summed E-state index contributed by atoms with van der Waals surface area (Å²) < 4.78 is 0. The highest BCUT2D eigenvalue weighted by Crippen LogP contribution is 2.53. The SMILES string of the molecule is C1=CC2C3C=CCCCCC3C2CCCC1. The number of fused-ring (bicyclic) bond motifs is 4. The van der Waals surface area contributed by atoms with Crippen LogP contribution < -0.4 is 0 Å². The van der Waals surface area contributed by atoms with Crippen molar-refractivity contribution in [2.24, 2.45) is 23.7 Å². The molecule has 1 saturated carbocycles. The zero-order chi connectivity index (χ0) is 10.8. The minimum atomic E-state index is 0.902. The van der Waals surface area contributed by atoms with Gasteiger partial charge in [-0.2, -0.15) is 0 Å². The van der Waals surface area contributed by atoms with E-state index in [1.54, 1.807) is 0 Å². The Morgan fingerprint density at radius 2 is 1.12 bits per heavy atom. The van der Waals surface area contributed by atoms with Crippen LogP contribution in [0, 0.1) is 23.7 Å². The first kappa shape index (κ1) is 10.6. The van der Waals surface area contributed by atoms with Gasteiger partial charge in [-0.3, -0.25) is 0 Å². The lowest BCUT2D eigenvalue weighted by Gasteiger charge is -2.52. The van der Waals surface area contributed by atoms with Crippen molar-refractivity contribution in [2.75, 3.05) is 0 Å². The largest absolute Gasteiger partial charge is 0.0882 e. The first-order chi connectivity index (χ1) is 7.97. The Hall–Kier alpha value is -0.520. The van der Waals surface area contributed by atoms with Crippen LogP contribution in [-0.4, -0.2) is 0 Å². The van der Waals surface area contributed by atoms with Gasteiger partial charge in [0.2, 0.25) is 0 Å². The third-order valence-electron chi connectivity index (χ3n) is 5.02. The van der Waals surface area contributed by atoms with Crippen LogP contribution in [0.2, 0.25) is 0 Å². The molecule has 0 amide bonds. The monoisotopic (exact) mass is 216 g/mol. The number of allylic oxidation sites excluding steroid dienone is 4. The summed E-state index contributed by atoms with van der Waals surface area (Å²) in [5, 5.41) is 0. The third kappa shape index (κ3) is 1.87. The van der Waals surface area contributed by atoms with E-state index < -0.39 is 0 Å².